The number of hydrogen-bond donors (Lipinski definition) is 1. The highest BCUT2D eigenvalue weighted by Crippen LogP contribution is 2.37. The maximum atomic E-state index is 12.9. The second-order valence-corrected chi connectivity index (χ2v) is 7.69. The Morgan fingerprint density at radius 2 is 2.00 bits per heavy atom. The maximum Gasteiger partial charge on any atom is 0.387 e. The van der Waals surface area contributed by atoms with Crippen LogP contribution in [0.3, 0.4) is 0 Å². The summed E-state index contributed by atoms with van der Waals surface area (Å²) in [5.74, 6) is -1.60. The average Bonchev–Trinajstić information content (AvgIpc) is 3.00. The van der Waals surface area contributed by atoms with E-state index in [0.29, 0.717) is 12.0 Å². The van der Waals surface area contributed by atoms with Gasteiger partial charge in [-0.25, -0.2) is 13.2 Å². The molecule has 0 fully saturated rings. The highest BCUT2D eigenvalue weighted by Gasteiger charge is 2.34. The van der Waals surface area contributed by atoms with Crippen molar-refractivity contribution in [2.75, 3.05) is 10.8 Å². The summed E-state index contributed by atoms with van der Waals surface area (Å²) >= 11 is 5.83. The summed E-state index contributed by atoms with van der Waals surface area (Å²) in [6.45, 7) is -3.03. The molecule has 0 radical (unpaired) electrons. The van der Waals surface area contributed by atoms with Crippen LogP contribution in [-0.2, 0) is 16.4 Å². The molecule has 138 valence electrons. The number of carboxylic acids is 1. The van der Waals surface area contributed by atoms with Crippen LogP contribution < -0.4 is 9.04 Å². The van der Waals surface area contributed by atoms with E-state index in [0.717, 1.165) is 22.5 Å². The number of nitrogens with zero attached hydrogens (tertiary/aromatic N) is 1. The van der Waals surface area contributed by atoms with E-state index in [1.54, 1.807) is 12.1 Å². The predicted molar refractivity (Wildman–Crippen MR) is 89.7 cm³/mol. The molecular formula is C16H12ClF2NO5S. The minimum atomic E-state index is -4.13. The third-order valence-electron chi connectivity index (χ3n) is 3.89. The van der Waals surface area contributed by atoms with Gasteiger partial charge >= 0.3 is 12.6 Å². The number of aromatic carboxylic acids is 1. The van der Waals surface area contributed by atoms with Gasteiger partial charge in [-0.15, -0.1) is 0 Å². The lowest BCUT2D eigenvalue weighted by molar-refractivity contribution is -0.0498. The molecule has 6 nitrogen and oxygen atoms in total. The number of hydrogen-bond acceptors (Lipinski definition) is 4. The lowest BCUT2D eigenvalue weighted by Gasteiger charge is -2.21. The van der Waals surface area contributed by atoms with Crippen molar-refractivity contribution < 1.29 is 31.8 Å². The van der Waals surface area contributed by atoms with Crippen molar-refractivity contribution in [2.45, 2.75) is 17.9 Å². The minimum Gasteiger partial charge on any atom is -0.478 e. The summed E-state index contributed by atoms with van der Waals surface area (Å²) in [6, 6.07) is 7.63. The number of rotatable bonds is 5. The first-order valence-corrected chi connectivity index (χ1v) is 9.16. The van der Waals surface area contributed by atoms with Crippen molar-refractivity contribution >= 4 is 33.3 Å². The molecule has 0 saturated carbocycles. The highest BCUT2D eigenvalue weighted by atomic mass is 35.5. The lowest BCUT2D eigenvalue weighted by atomic mass is 10.1. The van der Waals surface area contributed by atoms with E-state index in [1.165, 1.54) is 6.07 Å². The molecule has 0 aliphatic carbocycles. The Balaban J connectivity index is 2.04. The minimum absolute atomic E-state index is 0.0643. The fraction of sp³-hybridized carbons (Fsp3) is 0.188. The molecule has 0 unspecified atom stereocenters. The number of para-hydroxylation sites is 1. The smallest absolute Gasteiger partial charge is 0.387 e. The van der Waals surface area contributed by atoms with E-state index in [2.05, 4.69) is 4.74 Å². The summed E-state index contributed by atoms with van der Waals surface area (Å²) in [6.07, 6.45) is 0.357. The van der Waals surface area contributed by atoms with Gasteiger partial charge in [0.25, 0.3) is 10.0 Å². The van der Waals surface area contributed by atoms with Gasteiger partial charge in [0, 0.05) is 6.54 Å². The van der Waals surface area contributed by atoms with E-state index in [4.69, 9.17) is 11.6 Å². The summed E-state index contributed by atoms with van der Waals surface area (Å²) in [5, 5.41) is 9.04. The Kier molecular flexibility index (Phi) is 4.76. The summed E-state index contributed by atoms with van der Waals surface area (Å²) in [7, 11) is -4.13. The van der Waals surface area contributed by atoms with Crippen molar-refractivity contribution in [3.05, 3.63) is 52.5 Å². The van der Waals surface area contributed by atoms with Gasteiger partial charge in [0.05, 0.1) is 21.2 Å². The van der Waals surface area contributed by atoms with E-state index in [1.807, 2.05) is 0 Å². The number of carbonyl (C=O) groups is 1. The highest BCUT2D eigenvalue weighted by molar-refractivity contribution is 7.92. The fourth-order valence-electron chi connectivity index (χ4n) is 2.80. The van der Waals surface area contributed by atoms with Gasteiger partial charge in [-0.05, 0) is 36.2 Å². The van der Waals surface area contributed by atoms with Crippen molar-refractivity contribution in [1.82, 2.24) is 0 Å². The molecule has 1 aliphatic rings. The van der Waals surface area contributed by atoms with Crippen molar-refractivity contribution in [2.24, 2.45) is 0 Å². The van der Waals surface area contributed by atoms with Crippen LogP contribution in [0.15, 0.2) is 41.3 Å². The molecule has 1 N–H and O–H groups in total. The van der Waals surface area contributed by atoms with Crippen LogP contribution in [0.4, 0.5) is 14.5 Å². The molecule has 2 aromatic carbocycles. The molecule has 0 atom stereocenters. The molecule has 0 saturated heterocycles. The first-order chi connectivity index (χ1) is 12.2. The molecule has 0 amide bonds. The molecule has 0 aromatic heterocycles. The Labute approximate surface area is 152 Å². The molecular weight excluding hydrogens is 392 g/mol. The van der Waals surface area contributed by atoms with Crippen LogP contribution in [0.2, 0.25) is 5.02 Å². The number of ether oxygens (including phenoxy) is 1. The predicted octanol–water partition coefficient (Wildman–Crippen LogP) is 3.39. The second-order valence-electron chi connectivity index (χ2n) is 5.42. The number of carboxylic acid groups (broad SMARTS) is 1. The Morgan fingerprint density at radius 1 is 1.27 bits per heavy atom. The van der Waals surface area contributed by atoms with Gasteiger partial charge < -0.3 is 9.84 Å². The van der Waals surface area contributed by atoms with Gasteiger partial charge in [0.2, 0.25) is 0 Å². The molecule has 26 heavy (non-hydrogen) atoms. The van der Waals surface area contributed by atoms with Crippen LogP contribution in [0, 0.1) is 0 Å². The van der Waals surface area contributed by atoms with Crippen LogP contribution in [0.1, 0.15) is 15.9 Å². The zero-order valence-electron chi connectivity index (χ0n) is 13.0. The SMILES string of the molecule is O=C(O)c1cccc2c1N(S(=O)(=O)c1ccc(OC(F)F)c(Cl)c1)CC2. The van der Waals surface area contributed by atoms with Crippen LogP contribution in [0.25, 0.3) is 0 Å². The van der Waals surface area contributed by atoms with Gasteiger partial charge in [-0.2, -0.15) is 8.78 Å². The monoisotopic (exact) mass is 403 g/mol. The molecule has 3 rings (SSSR count). The standard InChI is InChI=1S/C16H12ClF2NO5S/c17-12-8-10(4-5-13(12)25-16(18)19)26(23,24)20-7-6-9-2-1-3-11(14(9)20)15(21)22/h1-5,8,16H,6-7H2,(H,21,22). The third kappa shape index (κ3) is 3.19. The summed E-state index contributed by atoms with van der Waals surface area (Å²) in [5.41, 5.74) is 0.564. The van der Waals surface area contributed by atoms with E-state index < -0.39 is 22.6 Å². The van der Waals surface area contributed by atoms with E-state index in [9.17, 15) is 27.1 Å². The first-order valence-electron chi connectivity index (χ1n) is 7.34. The van der Waals surface area contributed by atoms with Gasteiger partial charge in [-0.3, -0.25) is 4.31 Å². The largest absolute Gasteiger partial charge is 0.478 e. The zero-order chi connectivity index (χ0) is 19.1. The number of anilines is 1. The van der Waals surface area contributed by atoms with Crippen LogP contribution >= 0.6 is 11.6 Å². The molecule has 0 bridgehead atoms. The summed E-state index contributed by atoms with van der Waals surface area (Å²) < 4.78 is 55.7. The molecule has 2 aromatic rings. The zero-order valence-corrected chi connectivity index (χ0v) is 14.6. The van der Waals surface area contributed by atoms with Crippen molar-refractivity contribution in [1.29, 1.82) is 0 Å². The van der Waals surface area contributed by atoms with E-state index >= 15 is 0 Å². The Bertz CT molecular complexity index is 981. The van der Waals surface area contributed by atoms with Crippen LogP contribution in [0.5, 0.6) is 5.75 Å². The normalized spacial score (nSPS) is 13.8. The first kappa shape index (κ1) is 18.4. The maximum absolute atomic E-state index is 12.9. The second kappa shape index (κ2) is 6.73. The Morgan fingerprint density at radius 3 is 2.62 bits per heavy atom. The summed E-state index contributed by atoms with van der Waals surface area (Å²) in [4.78, 5) is 11.2. The van der Waals surface area contributed by atoms with Gasteiger partial charge in [0.15, 0.2) is 0 Å². The fourth-order valence-corrected chi connectivity index (χ4v) is 4.63. The third-order valence-corrected chi connectivity index (χ3v) is 5.98. The average molecular weight is 404 g/mol. The van der Waals surface area contributed by atoms with E-state index in [-0.39, 0.29) is 33.5 Å². The number of benzene rings is 2. The molecule has 1 heterocycles. The Hall–Kier alpha value is -2.39. The van der Waals surface area contributed by atoms with Crippen molar-refractivity contribution in [3.63, 3.8) is 0 Å². The molecule has 10 heteroatoms. The number of sulfonamides is 1. The number of fused-ring (bicyclic) bond motifs is 1. The van der Waals surface area contributed by atoms with Crippen molar-refractivity contribution in [3.8, 4) is 5.75 Å². The quantitative estimate of drug-likeness (QED) is 0.827. The van der Waals surface area contributed by atoms with Gasteiger partial charge in [-0.1, -0.05) is 23.7 Å². The molecule has 0 spiro atoms. The van der Waals surface area contributed by atoms with Gasteiger partial charge in [0.1, 0.15) is 5.75 Å². The molecule has 1 aliphatic heterocycles. The van der Waals surface area contributed by atoms with Crippen LogP contribution in [-0.4, -0.2) is 32.6 Å². The lowest BCUT2D eigenvalue weighted by Crippen LogP contribution is -2.30. The topological polar surface area (TPSA) is 83.9 Å². The number of alkyl halides is 2. The number of halogens is 3.